The summed E-state index contributed by atoms with van der Waals surface area (Å²) in [6, 6.07) is 19.9. The van der Waals surface area contributed by atoms with Gasteiger partial charge >= 0.3 is 0 Å². The number of para-hydroxylation sites is 2. The van der Waals surface area contributed by atoms with Gasteiger partial charge in [0.15, 0.2) is 0 Å². The Bertz CT molecular complexity index is 569. The zero-order valence-corrected chi connectivity index (χ0v) is 16.2. The monoisotopic (exact) mass is 351 g/mol. The molecule has 0 bridgehead atoms. The molecule has 140 valence electrons. The minimum Gasteiger partial charge on any atom is -0.281 e. The molecule has 0 N–H and O–H groups in total. The Hall–Kier alpha value is -2.09. The zero-order valence-electron chi connectivity index (χ0n) is 16.2. The third kappa shape index (κ3) is 7.03. The topological polar surface area (TPSA) is 20.3 Å². The van der Waals surface area contributed by atoms with E-state index in [-0.39, 0.29) is 5.91 Å². The largest absolute Gasteiger partial charge is 0.281 e. The third-order valence-electron chi connectivity index (χ3n) is 4.77. The number of benzene rings is 2. The Labute approximate surface area is 159 Å². The molecule has 0 saturated carbocycles. The number of unbranched alkanes of at least 4 members (excludes halogenated alkanes) is 8. The highest BCUT2D eigenvalue weighted by Crippen LogP contribution is 2.26. The van der Waals surface area contributed by atoms with Gasteiger partial charge in [0.25, 0.3) is 0 Å². The lowest BCUT2D eigenvalue weighted by atomic mass is 10.1. The molecule has 0 spiro atoms. The summed E-state index contributed by atoms with van der Waals surface area (Å²) in [5.41, 5.74) is 1.89. The fourth-order valence-electron chi connectivity index (χ4n) is 3.29. The van der Waals surface area contributed by atoms with Gasteiger partial charge in [-0.1, -0.05) is 94.7 Å². The van der Waals surface area contributed by atoms with Crippen LogP contribution in [0.2, 0.25) is 0 Å². The van der Waals surface area contributed by atoms with Crippen molar-refractivity contribution in [3.05, 3.63) is 60.7 Å². The summed E-state index contributed by atoms with van der Waals surface area (Å²) in [5.74, 6) is 0.186. The van der Waals surface area contributed by atoms with Gasteiger partial charge in [-0.15, -0.1) is 0 Å². The van der Waals surface area contributed by atoms with E-state index in [1.165, 1.54) is 44.9 Å². The number of carbonyl (C=O) groups is 1. The van der Waals surface area contributed by atoms with Crippen molar-refractivity contribution in [1.82, 2.24) is 0 Å². The van der Waals surface area contributed by atoms with Crippen LogP contribution in [0.25, 0.3) is 0 Å². The van der Waals surface area contributed by atoms with E-state index < -0.39 is 0 Å². The summed E-state index contributed by atoms with van der Waals surface area (Å²) < 4.78 is 0. The third-order valence-corrected chi connectivity index (χ3v) is 4.77. The number of rotatable bonds is 12. The highest BCUT2D eigenvalue weighted by atomic mass is 16.2. The number of hydrogen-bond acceptors (Lipinski definition) is 1. The van der Waals surface area contributed by atoms with Crippen LogP contribution in [0.15, 0.2) is 60.7 Å². The SMILES string of the molecule is CCCCCCCCCCCC(=O)N(c1ccccc1)c1ccccc1. The normalized spacial score (nSPS) is 10.7. The van der Waals surface area contributed by atoms with Gasteiger partial charge in [0.2, 0.25) is 5.91 Å². The Morgan fingerprint density at radius 3 is 1.54 bits per heavy atom. The molecule has 26 heavy (non-hydrogen) atoms. The first-order valence-corrected chi connectivity index (χ1v) is 10.3. The fraction of sp³-hybridized carbons (Fsp3) is 0.458. The maximum absolute atomic E-state index is 12.9. The van der Waals surface area contributed by atoms with Gasteiger partial charge in [-0.2, -0.15) is 0 Å². The summed E-state index contributed by atoms with van der Waals surface area (Å²) in [5, 5.41) is 0. The second-order valence-electron chi connectivity index (χ2n) is 6.98. The van der Waals surface area contributed by atoms with Crippen LogP contribution in [0.3, 0.4) is 0 Å². The molecule has 2 rings (SSSR count). The van der Waals surface area contributed by atoms with Crippen molar-refractivity contribution in [2.75, 3.05) is 4.90 Å². The molecule has 0 aliphatic rings. The minimum absolute atomic E-state index is 0.186. The van der Waals surface area contributed by atoms with Crippen LogP contribution in [0.4, 0.5) is 11.4 Å². The number of anilines is 2. The molecule has 0 fully saturated rings. The molecule has 2 heteroatoms. The standard InChI is InChI=1S/C24H33NO/c1-2-3-4-5-6-7-8-9-16-21-24(26)25(22-17-12-10-13-18-22)23-19-14-11-15-20-23/h10-15,17-20H,2-9,16,21H2,1H3. The average molecular weight is 352 g/mol. The first kappa shape index (κ1) is 20.2. The quantitative estimate of drug-likeness (QED) is 0.368. The molecule has 0 saturated heterocycles. The number of carbonyl (C=O) groups excluding carboxylic acids is 1. The fourth-order valence-corrected chi connectivity index (χ4v) is 3.29. The Morgan fingerprint density at radius 2 is 1.08 bits per heavy atom. The van der Waals surface area contributed by atoms with E-state index in [1.54, 1.807) is 0 Å². The molecule has 0 atom stereocenters. The molecule has 0 heterocycles. The first-order chi connectivity index (χ1) is 12.8. The molecule has 0 aliphatic heterocycles. The summed E-state index contributed by atoms with van der Waals surface area (Å²) in [6.45, 7) is 2.26. The molecule has 0 aliphatic carbocycles. The molecule has 2 aromatic carbocycles. The van der Waals surface area contributed by atoms with Gasteiger partial charge in [0.1, 0.15) is 0 Å². The summed E-state index contributed by atoms with van der Waals surface area (Å²) in [7, 11) is 0. The number of nitrogens with zero attached hydrogens (tertiary/aromatic N) is 1. The van der Waals surface area contributed by atoms with Crippen LogP contribution < -0.4 is 4.90 Å². The molecular formula is C24H33NO. The molecular weight excluding hydrogens is 318 g/mol. The van der Waals surface area contributed by atoms with Crippen LogP contribution >= 0.6 is 0 Å². The van der Waals surface area contributed by atoms with Crippen LogP contribution in [0, 0.1) is 0 Å². The molecule has 0 unspecified atom stereocenters. The predicted octanol–water partition coefficient (Wildman–Crippen LogP) is 7.27. The van der Waals surface area contributed by atoms with Gasteiger partial charge in [-0.05, 0) is 30.7 Å². The van der Waals surface area contributed by atoms with Crippen molar-refractivity contribution >= 4 is 17.3 Å². The highest BCUT2D eigenvalue weighted by molar-refractivity contribution is 6.00. The lowest BCUT2D eigenvalue weighted by Gasteiger charge is -2.23. The average Bonchev–Trinajstić information content (AvgIpc) is 2.68. The van der Waals surface area contributed by atoms with Crippen molar-refractivity contribution in [3.63, 3.8) is 0 Å². The van der Waals surface area contributed by atoms with Gasteiger partial charge < -0.3 is 0 Å². The van der Waals surface area contributed by atoms with Gasteiger partial charge in [-0.3, -0.25) is 9.69 Å². The van der Waals surface area contributed by atoms with Crippen LogP contribution in [0.1, 0.15) is 71.1 Å². The lowest BCUT2D eigenvalue weighted by molar-refractivity contribution is -0.118. The van der Waals surface area contributed by atoms with Crippen LogP contribution in [0.5, 0.6) is 0 Å². The van der Waals surface area contributed by atoms with Gasteiger partial charge in [-0.25, -0.2) is 0 Å². The highest BCUT2D eigenvalue weighted by Gasteiger charge is 2.16. The van der Waals surface area contributed by atoms with Crippen molar-refractivity contribution in [2.24, 2.45) is 0 Å². The van der Waals surface area contributed by atoms with E-state index in [0.717, 1.165) is 24.2 Å². The summed E-state index contributed by atoms with van der Waals surface area (Å²) in [4.78, 5) is 14.7. The van der Waals surface area contributed by atoms with Crippen LogP contribution in [-0.2, 0) is 4.79 Å². The van der Waals surface area contributed by atoms with E-state index >= 15 is 0 Å². The minimum atomic E-state index is 0.186. The van der Waals surface area contributed by atoms with Crippen molar-refractivity contribution in [2.45, 2.75) is 71.1 Å². The molecule has 0 radical (unpaired) electrons. The molecule has 0 aromatic heterocycles. The molecule has 2 nitrogen and oxygen atoms in total. The lowest BCUT2D eigenvalue weighted by Crippen LogP contribution is -2.25. The first-order valence-electron chi connectivity index (χ1n) is 10.3. The van der Waals surface area contributed by atoms with E-state index in [0.29, 0.717) is 6.42 Å². The Balaban J connectivity index is 1.79. The maximum atomic E-state index is 12.9. The molecule has 2 aromatic rings. The van der Waals surface area contributed by atoms with E-state index in [9.17, 15) is 4.79 Å². The number of hydrogen-bond donors (Lipinski definition) is 0. The van der Waals surface area contributed by atoms with E-state index in [4.69, 9.17) is 0 Å². The van der Waals surface area contributed by atoms with E-state index in [1.807, 2.05) is 65.6 Å². The summed E-state index contributed by atoms with van der Waals surface area (Å²) >= 11 is 0. The summed E-state index contributed by atoms with van der Waals surface area (Å²) in [6.07, 6.45) is 12.0. The van der Waals surface area contributed by atoms with Crippen LogP contribution in [-0.4, -0.2) is 5.91 Å². The number of amides is 1. The second kappa shape index (κ2) is 12.3. The Kier molecular flexibility index (Phi) is 9.56. The van der Waals surface area contributed by atoms with Crippen molar-refractivity contribution < 1.29 is 4.79 Å². The molecule has 1 amide bonds. The Morgan fingerprint density at radius 1 is 0.654 bits per heavy atom. The van der Waals surface area contributed by atoms with Crippen molar-refractivity contribution in [3.8, 4) is 0 Å². The smallest absolute Gasteiger partial charge is 0.231 e. The van der Waals surface area contributed by atoms with Crippen molar-refractivity contribution in [1.29, 1.82) is 0 Å². The van der Waals surface area contributed by atoms with Gasteiger partial charge in [0.05, 0.1) is 0 Å². The second-order valence-corrected chi connectivity index (χ2v) is 6.98. The van der Waals surface area contributed by atoms with E-state index in [2.05, 4.69) is 6.92 Å². The van der Waals surface area contributed by atoms with Gasteiger partial charge in [0, 0.05) is 17.8 Å². The predicted molar refractivity (Wildman–Crippen MR) is 112 cm³/mol. The maximum Gasteiger partial charge on any atom is 0.231 e. The zero-order chi connectivity index (χ0) is 18.5.